The molecule has 0 spiro atoms. The number of aryl methyl sites for hydroxylation is 1. The maximum atomic E-state index is 13.6. The summed E-state index contributed by atoms with van der Waals surface area (Å²) in [6.45, 7) is 2.17. The highest BCUT2D eigenvalue weighted by Gasteiger charge is 2.27. The molecule has 0 amide bonds. The largest absolute Gasteiger partial charge is 0.243 e. The van der Waals surface area contributed by atoms with E-state index in [2.05, 4.69) is 0 Å². The molecule has 7 heteroatoms. The minimum absolute atomic E-state index is 0.00519. The topological polar surface area (TPSA) is 71.5 Å². The van der Waals surface area contributed by atoms with Gasteiger partial charge >= 0.3 is 0 Å². The van der Waals surface area contributed by atoms with Gasteiger partial charge in [0, 0.05) is 19.3 Å². The highest BCUT2D eigenvalue weighted by Crippen LogP contribution is 2.25. The molecular formula is C23H25NO4S2. The zero-order valence-electron chi connectivity index (χ0n) is 17.0. The van der Waals surface area contributed by atoms with Crippen molar-refractivity contribution >= 4 is 19.9 Å². The molecule has 0 fully saturated rings. The number of hydrogen-bond donors (Lipinski definition) is 0. The van der Waals surface area contributed by atoms with Crippen LogP contribution in [-0.2, 0) is 32.8 Å². The normalized spacial score (nSPS) is 12.2. The second-order valence-electron chi connectivity index (χ2n) is 7.26. The van der Waals surface area contributed by atoms with E-state index >= 15 is 0 Å². The van der Waals surface area contributed by atoms with Gasteiger partial charge in [-0.1, -0.05) is 66.7 Å². The molecule has 0 unspecified atom stereocenters. The summed E-state index contributed by atoms with van der Waals surface area (Å²) in [6, 6.07) is 23.3. The van der Waals surface area contributed by atoms with Gasteiger partial charge in [-0.05, 0) is 42.2 Å². The van der Waals surface area contributed by atoms with E-state index in [1.54, 1.807) is 13.0 Å². The molecule has 0 bridgehead atoms. The fraction of sp³-hybridized carbons (Fsp3) is 0.217. The lowest BCUT2D eigenvalue weighted by atomic mass is 10.1. The predicted molar refractivity (Wildman–Crippen MR) is 118 cm³/mol. The number of sulfone groups is 1. The number of rotatable bonds is 8. The quantitative estimate of drug-likeness (QED) is 0.530. The molecule has 0 saturated carbocycles. The monoisotopic (exact) mass is 443 g/mol. The van der Waals surface area contributed by atoms with Crippen molar-refractivity contribution in [2.24, 2.45) is 0 Å². The van der Waals surface area contributed by atoms with Crippen molar-refractivity contribution in [3.8, 4) is 0 Å². The first-order chi connectivity index (χ1) is 14.2. The molecular weight excluding hydrogens is 418 g/mol. The Kier molecular flexibility index (Phi) is 6.75. The Morgan fingerprint density at radius 2 is 1.33 bits per heavy atom. The third kappa shape index (κ3) is 5.36. The van der Waals surface area contributed by atoms with Crippen molar-refractivity contribution in [1.29, 1.82) is 0 Å². The Balaban J connectivity index is 2.00. The van der Waals surface area contributed by atoms with E-state index in [0.29, 0.717) is 12.0 Å². The van der Waals surface area contributed by atoms with Crippen molar-refractivity contribution in [3.63, 3.8) is 0 Å². The van der Waals surface area contributed by atoms with Crippen LogP contribution in [-0.4, -0.2) is 33.9 Å². The summed E-state index contributed by atoms with van der Waals surface area (Å²) in [6.07, 6.45) is 1.63. The third-order valence-electron chi connectivity index (χ3n) is 4.90. The van der Waals surface area contributed by atoms with E-state index in [4.69, 9.17) is 0 Å². The fourth-order valence-corrected chi connectivity index (χ4v) is 5.60. The number of benzene rings is 3. The first kappa shape index (κ1) is 22.2. The van der Waals surface area contributed by atoms with E-state index in [-0.39, 0.29) is 22.9 Å². The second-order valence-corrected chi connectivity index (χ2v) is 11.2. The fourth-order valence-electron chi connectivity index (χ4n) is 3.20. The van der Waals surface area contributed by atoms with Gasteiger partial charge in [0.2, 0.25) is 10.0 Å². The third-order valence-corrected chi connectivity index (χ3v) is 8.00. The zero-order valence-corrected chi connectivity index (χ0v) is 18.7. The molecule has 3 aromatic rings. The van der Waals surface area contributed by atoms with Crippen LogP contribution >= 0.6 is 0 Å². The maximum Gasteiger partial charge on any atom is 0.243 e. The lowest BCUT2D eigenvalue weighted by Crippen LogP contribution is -2.33. The molecule has 0 aromatic heterocycles. The molecule has 0 aliphatic heterocycles. The van der Waals surface area contributed by atoms with Crippen LogP contribution in [0.15, 0.2) is 88.7 Å². The van der Waals surface area contributed by atoms with Gasteiger partial charge in [0.25, 0.3) is 0 Å². The second kappa shape index (κ2) is 9.12. The SMILES string of the molecule is Cc1ccc(S(C)(=O)=O)cc1S(=O)(=O)N(CCc1ccccc1)Cc1ccccc1. The Labute approximate surface area is 179 Å². The van der Waals surface area contributed by atoms with Crippen LogP contribution in [0.25, 0.3) is 0 Å². The molecule has 0 heterocycles. The lowest BCUT2D eigenvalue weighted by Gasteiger charge is -2.24. The number of sulfonamides is 1. The van der Waals surface area contributed by atoms with E-state index in [1.807, 2.05) is 60.7 Å². The van der Waals surface area contributed by atoms with Crippen molar-refractivity contribution in [2.45, 2.75) is 29.7 Å². The van der Waals surface area contributed by atoms with Gasteiger partial charge in [0.05, 0.1) is 9.79 Å². The van der Waals surface area contributed by atoms with Crippen molar-refractivity contribution in [1.82, 2.24) is 4.31 Å². The number of hydrogen-bond acceptors (Lipinski definition) is 4. The van der Waals surface area contributed by atoms with Crippen LogP contribution in [0, 0.1) is 6.92 Å². The summed E-state index contributed by atoms with van der Waals surface area (Å²) in [5.74, 6) is 0. The highest BCUT2D eigenvalue weighted by atomic mass is 32.2. The molecule has 3 aromatic carbocycles. The van der Waals surface area contributed by atoms with Crippen LogP contribution < -0.4 is 0 Å². The van der Waals surface area contributed by atoms with E-state index in [0.717, 1.165) is 17.4 Å². The van der Waals surface area contributed by atoms with Crippen LogP contribution in [0.5, 0.6) is 0 Å². The molecule has 0 aliphatic rings. The Bertz CT molecular complexity index is 1210. The van der Waals surface area contributed by atoms with Gasteiger partial charge in [-0.2, -0.15) is 4.31 Å². The first-order valence-corrected chi connectivity index (χ1v) is 12.9. The molecule has 30 heavy (non-hydrogen) atoms. The molecule has 5 nitrogen and oxygen atoms in total. The molecule has 0 atom stereocenters. The van der Waals surface area contributed by atoms with Crippen LogP contribution in [0.1, 0.15) is 16.7 Å². The summed E-state index contributed by atoms with van der Waals surface area (Å²) in [5, 5.41) is 0. The Morgan fingerprint density at radius 1 is 0.767 bits per heavy atom. The minimum Gasteiger partial charge on any atom is -0.224 e. The Hall–Kier alpha value is -2.48. The summed E-state index contributed by atoms with van der Waals surface area (Å²) < 4.78 is 52.6. The Morgan fingerprint density at radius 3 is 1.90 bits per heavy atom. The van der Waals surface area contributed by atoms with Gasteiger partial charge < -0.3 is 0 Å². The first-order valence-electron chi connectivity index (χ1n) is 9.56. The smallest absolute Gasteiger partial charge is 0.224 e. The van der Waals surface area contributed by atoms with Gasteiger partial charge in [0.15, 0.2) is 9.84 Å². The maximum absolute atomic E-state index is 13.6. The highest BCUT2D eigenvalue weighted by molar-refractivity contribution is 7.91. The molecule has 0 radical (unpaired) electrons. The van der Waals surface area contributed by atoms with Gasteiger partial charge in [-0.3, -0.25) is 0 Å². The molecule has 0 aliphatic carbocycles. The molecule has 158 valence electrons. The summed E-state index contributed by atoms with van der Waals surface area (Å²) >= 11 is 0. The van der Waals surface area contributed by atoms with E-state index in [9.17, 15) is 16.8 Å². The standard InChI is InChI=1S/C23H25NO4S2/c1-19-13-14-22(29(2,25)26)17-23(19)30(27,28)24(18-21-11-7-4-8-12-21)16-15-20-9-5-3-6-10-20/h3-14,17H,15-16,18H2,1-2H3. The zero-order chi connectivity index (χ0) is 21.8. The summed E-state index contributed by atoms with van der Waals surface area (Å²) in [7, 11) is -7.44. The van der Waals surface area contributed by atoms with Crippen molar-refractivity contribution < 1.29 is 16.8 Å². The molecule has 0 saturated heterocycles. The van der Waals surface area contributed by atoms with Crippen LogP contribution in [0.2, 0.25) is 0 Å². The molecule has 0 N–H and O–H groups in total. The van der Waals surface area contributed by atoms with Gasteiger partial charge in [0.1, 0.15) is 0 Å². The van der Waals surface area contributed by atoms with Crippen LogP contribution in [0.3, 0.4) is 0 Å². The van der Waals surface area contributed by atoms with Crippen LogP contribution in [0.4, 0.5) is 0 Å². The minimum atomic E-state index is -3.91. The predicted octanol–water partition coefficient (Wildman–Crippen LogP) is 3.83. The van der Waals surface area contributed by atoms with E-state index < -0.39 is 19.9 Å². The average Bonchev–Trinajstić information content (AvgIpc) is 2.72. The van der Waals surface area contributed by atoms with Gasteiger partial charge in [-0.15, -0.1) is 0 Å². The number of nitrogens with zero attached hydrogens (tertiary/aromatic N) is 1. The van der Waals surface area contributed by atoms with Crippen molar-refractivity contribution in [2.75, 3.05) is 12.8 Å². The summed E-state index contributed by atoms with van der Waals surface area (Å²) in [4.78, 5) is 0.0174. The van der Waals surface area contributed by atoms with E-state index in [1.165, 1.54) is 16.4 Å². The average molecular weight is 444 g/mol. The molecule has 3 rings (SSSR count). The lowest BCUT2D eigenvalue weighted by molar-refractivity contribution is 0.409. The van der Waals surface area contributed by atoms with Gasteiger partial charge in [-0.25, -0.2) is 16.8 Å². The van der Waals surface area contributed by atoms with Crippen molar-refractivity contribution in [3.05, 3.63) is 95.6 Å². The summed E-state index contributed by atoms with van der Waals surface area (Å²) in [5.41, 5.74) is 2.42.